The van der Waals surface area contributed by atoms with Crippen LogP contribution < -0.4 is 9.47 Å². The summed E-state index contributed by atoms with van der Waals surface area (Å²) in [5.74, 6) is 1.26. The Morgan fingerprint density at radius 2 is 2.06 bits per heavy atom. The molecular weight excluding hydrogens is 316 g/mol. The molecule has 18 heavy (non-hydrogen) atoms. The molecule has 2 heterocycles. The summed E-state index contributed by atoms with van der Waals surface area (Å²) in [4.78, 5) is 12.9. The van der Waals surface area contributed by atoms with Gasteiger partial charge < -0.3 is 9.47 Å². The highest BCUT2D eigenvalue weighted by atomic mass is 79.9. The van der Waals surface area contributed by atoms with Crippen LogP contribution in [0.15, 0.2) is 40.2 Å². The number of fused-ring (bicyclic) bond motifs is 1. The smallest absolute Gasteiger partial charge is 0.217 e. The molecule has 0 amide bonds. The van der Waals surface area contributed by atoms with Crippen molar-refractivity contribution >= 4 is 33.0 Å². The van der Waals surface area contributed by atoms with Gasteiger partial charge in [0.05, 0.1) is 4.88 Å². The van der Waals surface area contributed by atoms with Gasteiger partial charge in [-0.2, -0.15) is 0 Å². The molecule has 0 radical (unpaired) electrons. The standard InChI is InChI=1S/C13H9BrO3S/c14-8-5-6-18-13(8)12(15)11-7-16-9-3-1-2-4-10(9)17-11/h1-6,11H,7H2. The number of ketones is 1. The maximum absolute atomic E-state index is 12.3. The highest BCUT2D eigenvalue weighted by molar-refractivity contribution is 9.10. The van der Waals surface area contributed by atoms with Gasteiger partial charge in [0.25, 0.3) is 0 Å². The van der Waals surface area contributed by atoms with Crippen molar-refractivity contribution in [3.63, 3.8) is 0 Å². The maximum atomic E-state index is 12.3. The Morgan fingerprint density at radius 1 is 1.28 bits per heavy atom. The van der Waals surface area contributed by atoms with E-state index in [1.165, 1.54) is 11.3 Å². The number of para-hydroxylation sites is 2. The van der Waals surface area contributed by atoms with Crippen molar-refractivity contribution in [3.8, 4) is 11.5 Å². The van der Waals surface area contributed by atoms with E-state index in [-0.39, 0.29) is 12.4 Å². The molecule has 0 spiro atoms. The van der Waals surface area contributed by atoms with Crippen LogP contribution in [0.25, 0.3) is 0 Å². The number of benzene rings is 1. The Labute approximate surface area is 116 Å². The first-order chi connectivity index (χ1) is 8.75. The van der Waals surface area contributed by atoms with Crippen LogP contribution in [0.1, 0.15) is 9.67 Å². The number of carbonyl (C=O) groups is 1. The van der Waals surface area contributed by atoms with E-state index in [1.54, 1.807) is 6.07 Å². The lowest BCUT2D eigenvalue weighted by atomic mass is 10.2. The molecule has 0 N–H and O–H groups in total. The van der Waals surface area contributed by atoms with Gasteiger partial charge in [0, 0.05) is 4.47 Å². The first kappa shape index (κ1) is 11.7. The molecule has 1 unspecified atom stereocenters. The quantitative estimate of drug-likeness (QED) is 0.793. The first-order valence-corrected chi connectivity index (χ1v) is 7.08. The van der Waals surface area contributed by atoms with Crippen LogP contribution in [0.2, 0.25) is 0 Å². The largest absolute Gasteiger partial charge is 0.485 e. The van der Waals surface area contributed by atoms with E-state index in [0.29, 0.717) is 16.4 Å². The van der Waals surface area contributed by atoms with Crippen LogP contribution in [0.5, 0.6) is 11.5 Å². The van der Waals surface area contributed by atoms with Crippen molar-refractivity contribution < 1.29 is 14.3 Å². The van der Waals surface area contributed by atoms with Crippen molar-refractivity contribution in [3.05, 3.63) is 45.1 Å². The molecule has 3 rings (SSSR count). The zero-order valence-corrected chi connectivity index (χ0v) is 11.7. The van der Waals surface area contributed by atoms with Crippen LogP contribution in [0.3, 0.4) is 0 Å². The van der Waals surface area contributed by atoms with Gasteiger partial charge in [0.1, 0.15) is 6.61 Å². The van der Waals surface area contributed by atoms with E-state index >= 15 is 0 Å². The fraction of sp³-hybridized carbons (Fsp3) is 0.154. The third-order valence-corrected chi connectivity index (χ3v) is 4.49. The van der Waals surface area contributed by atoms with Gasteiger partial charge in [-0.3, -0.25) is 4.79 Å². The number of rotatable bonds is 2. The number of carbonyl (C=O) groups excluding carboxylic acids is 1. The maximum Gasteiger partial charge on any atom is 0.217 e. The second-order valence-electron chi connectivity index (χ2n) is 3.83. The molecule has 1 aliphatic heterocycles. The molecule has 1 aromatic heterocycles. The monoisotopic (exact) mass is 324 g/mol. The summed E-state index contributed by atoms with van der Waals surface area (Å²) in [5, 5.41) is 1.87. The van der Waals surface area contributed by atoms with Gasteiger partial charge in [-0.1, -0.05) is 12.1 Å². The Morgan fingerprint density at radius 3 is 2.78 bits per heavy atom. The minimum atomic E-state index is -0.574. The van der Waals surface area contributed by atoms with Crippen molar-refractivity contribution in [1.82, 2.24) is 0 Å². The van der Waals surface area contributed by atoms with Gasteiger partial charge in [0.2, 0.25) is 5.78 Å². The van der Waals surface area contributed by atoms with E-state index in [2.05, 4.69) is 15.9 Å². The number of ether oxygens (including phenoxy) is 2. The number of Topliss-reactive ketones (excluding diaryl/α,β-unsaturated/α-hetero) is 1. The normalized spacial score (nSPS) is 17.5. The molecule has 0 saturated carbocycles. The Kier molecular flexibility index (Phi) is 3.09. The summed E-state index contributed by atoms with van der Waals surface area (Å²) in [5.41, 5.74) is 0. The van der Waals surface area contributed by atoms with Crippen LogP contribution in [-0.4, -0.2) is 18.5 Å². The van der Waals surface area contributed by atoms with E-state index in [1.807, 2.05) is 29.6 Å². The molecule has 5 heteroatoms. The Balaban J connectivity index is 1.84. The molecule has 2 aromatic rings. The molecule has 0 saturated heterocycles. The highest BCUT2D eigenvalue weighted by Gasteiger charge is 2.29. The molecule has 3 nitrogen and oxygen atoms in total. The van der Waals surface area contributed by atoms with Crippen molar-refractivity contribution in [2.45, 2.75) is 6.10 Å². The number of halogens is 1. The lowest BCUT2D eigenvalue weighted by Crippen LogP contribution is -2.36. The average molecular weight is 325 g/mol. The van der Waals surface area contributed by atoms with Gasteiger partial charge in [0.15, 0.2) is 17.6 Å². The lowest BCUT2D eigenvalue weighted by Gasteiger charge is -2.25. The second kappa shape index (κ2) is 4.74. The summed E-state index contributed by atoms with van der Waals surface area (Å²) in [6, 6.07) is 9.22. The molecule has 0 bridgehead atoms. The Hall–Kier alpha value is -1.33. The average Bonchev–Trinajstić information content (AvgIpc) is 2.83. The van der Waals surface area contributed by atoms with E-state index in [4.69, 9.17) is 9.47 Å². The second-order valence-corrected chi connectivity index (χ2v) is 5.60. The summed E-state index contributed by atoms with van der Waals surface area (Å²) >= 11 is 4.76. The molecule has 1 aromatic carbocycles. The number of hydrogen-bond donors (Lipinski definition) is 0. The summed E-state index contributed by atoms with van der Waals surface area (Å²) in [6.07, 6.45) is -0.574. The molecule has 92 valence electrons. The predicted octanol–water partition coefficient (Wildman–Crippen LogP) is 3.53. The summed E-state index contributed by atoms with van der Waals surface area (Å²) < 4.78 is 12.0. The highest BCUT2D eigenvalue weighted by Crippen LogP contribution is 2.33. The zero-order valence-electron chi connectivity index (χ0n) is 9.26. The van der Waals surface area contributed by atoms with Crippen molar-refractivity contribution in [2.75, 3.05) is 6.61 Å². The molecule has 0 fully saturated rings. The summed E-state index contributed by atoms with van der Waals surface area (Å²) in [6.45, 7) is 0.250. The van der Waals surface area contributed by atoms with Crippen molar-refractivity contribution in [2.24, 2.45) is 0 Å². The zero-order chi connectivity index (χ0) is 12.5. The number of hydrogen-bond acceptors (Lipinski definition) is 4. The summed E-state index contributed by atoms with van der Waals surface area (Å²) in [7, 11) is 0. The van der Waals surface area contributed by atoms with Gasteiger partial charge in [-0.25, -0.2) is 0 Å². The van der Waals surface area contributed by atoms with Crippen LogP contribution in [-0.2, 0) is 0 Å². The van der Waals surface area contributed by atoms with E-state index < -0.39 is 6.10 Å². The lowest BCUT2D eigenvalue weighted by molar-refractivity contribution is 0.0589. The third kappa shape index (κ3) is 2.04. The fourth-order valence-electron chi connectivity index (χ4n) is 1.76. The molecule has 1 aliphatic rings. The molecule has 0 aliphatic carbocycles. The van der Waals surface area contributed by atoms with Gasteiger partial charge >= 0.3 is 0 Å². The minimum Gasteiger partial charge on any atom is -0.485 e. The van der Waals surface area contributed by atoms with Crippen LogP contribution in [0.4, 0.5) is 0 Å². The number of thiophene rings is 1. The van der Waals surface area contributed by atoms with Crippen LogP contribution >= 0.6 is 27.3 Å². The molecule has 1 atom stereocenters. The van der Waals surface area contributed by atoms with Crippen molar-refractivity contribution in [1.29, 1.82) is 0 Å². The SMILES string of the molecule is O=C(c1sccc1Br)C1COc2ccccc2O1. The van der Waals surface area contributed by atoms with Crippen LogP contribution in [0, 0.1) is 0 Å². The third-order valence-electron chi connectivity index (χ3n) is 2.64. The van der Waals surface area contributed by atoms with E-state index in [0.717, 1.165) is 4.47 Å². The fourth-order valence-corrected chi connectivity index (χ4v) is 3.32. The Bertz CT molecular complexity index is 593. The topological polar surface area (TPSA) is 35.5 Å². The van der Waals surface area contributed by atoms with Gasteiger partial charge in [-0.15, -0.1) is 11.3 Å². The minimum absolute atomic E-state index is 0.0496. The molecular formula is C13H9BrO3S. The van der Waals surface area contributed by atoms with Gasteiger partial charge in [-0.05, 0) is 39.5 Å². The predicted molar refractivity (Wildman–Crippen MR) is 72.7 cm³/mol. The first-order valence-electron chi connectivity index (χ1n) is 5.41. The van der Waals surface area contributed by atoms with E-state index in [9.17, 15) is 4.79 Å².